The molecule has 1 amide bonds. The molecular weight excluding hydrogens is 386 g/mol. The number of anilines is 1. The van der Waals surface area contributed by atoms with E-state index in [4.69, 9.17) is 4.98 Å². The number of benzene rings is 2. The summed E-state index contributed by atoms with van der Waals surface area (Å²) < 4.78 is 1.12. The number of aromatic nitrogens is 1. The fourth-order valence-electron chi connectivity index (χ4n) is 3.09. The van der Waals surface area contributed by atoms with Crippen molar-refractivity contribution in [3.05, 3.63) is 53.6 Å². The second-order valence-corrected chi connectivity index (χ2v) is 8.57. The van der Waals surface area contributed by atoms with Gasteiger partial charge < -0.3 is 4.90 Å². The summed E-state index contributed by atoms with van der Waals surface area (Å²) in [5.41, 5.74) is 2.85. The summed E-state index contributed by atoms with van der Waals surface area (Å²) in [5, 5.41) is 0.770. The van der Waals surface area contributed by atoms with Crippen molar-refractivity contribution in [3.63, 3.8) is 0 Å². The first-order valence-corrected chi connectivity index (χ1v) is 11.6. The van der Waals surface area contributed by atoms with E-state index < -0.39 is 0 Å². The topological polar surface area (TPSA) is 36.4 Å². The van der Waals surface area contributed by atoms with Gasteiger partial charge >= 0.3 is 0 Å². The average Bonchev–Trinajstić information content (AvgIpc) is 3.13. The molecule has 1 heterocycles. The Labute approximate surface area is 175 Å². The quantitative estimate of drug-likeness (QED) is 0.469. The van der Waals surface area contributed by atoms with Crippen LogP contribution < -0.4 is 4.90 Å². The number of aryl methyl sites for hydroxylation is 1. The third-order valence-corrected chi connectivity index (χ3v) is 6.66. The second kappa shape index (κ2) is 9.54. The molecule has 0 atom stereocenters. The standard InChI is InChI=1S/C22H27N3OS2/c1-5-24(6-2)13-14-25(21(26)17-8-10-18(27-4)11-9-17)22-23-19-12-7-16(3)15-20(19)28-22/h7-12,15H,5-6,13-14H2,1-4H3. The van der Waals surface area contributed by atoms with Crippen molar-refractivity contribution >= 4 is 44.4 Å². The summed E-state index contributed by atoms with van der Waals surface area (Å²) in [6.07, 6.45) is 2.04. The number of carbonyl (C=O) groups is 1. The summed E-state index contributed by atoms with van der Waals surface area (Å²) in [6.45, 7) is 9.78. The van der Waals surface area contributed by atoms with Crippen molar-refractivity contribution < 1.29 is 4.79 Å². The highest BCUT2D eigenvalue weighted by molar-refractivity contribution is 7.98. The summed E-state index contributed by atoms with van der Waals surface area (Å²) in [7, 11) is 0. The number of hydrogen-bond acceptors (Lipinski definition) is 5. The Morgan fingerprint density at radius 2 is 1.79 bits per heavy atom. The lowest BCUT2D eigenvalue weighted by molar-refractivity contribution is 0.0983. The first-order chi connectivity index (χ1) is 13.5. The van der Waals surface area contributed by atoms with Crippen LogP contribution in [-0.4, -0.2) is 48.2 Å². The molecule has 0 unspecified atom stereocenters. The normalized spacial score (nSPS) is 11.3. The number of likely N-dealkylation sites (N-methyl/N-ethyl adjacent to an activating group) is 1. The Morgan fingerprint density at radius 3 is 2.43 bits per heavy atom. The van der Waals surface area contributed by atoms with Crippen molar-refractivity contribution in [2.24, 2.45) is 0 Å². The highest BCUT2D eigenvalue weighted by atomic mass is 32.2. The van der Waals surface area contributed by atoms with Crippen LogP contribution in [0.25, 0.3) is 10.2 Å². The third kappa shape index (κ3) is 4.74. The summed E-state index contributed by atoms with van der Waals surface area (Å²) in [4.78, 5) is 23.4. The molecule has 0 fully saturated rings. The summed E-state index contributed by atoms with van der Waals surface area (Å²) >= 11 is 3.26. The van der Waals surface area contributed by atoms with E-state index in [2.05, 4.69) is 37.8 Å². The van der Waals surface area contributed by atoms with Crippen molar-refractivity contribution in [2.45, 2.75) is 25.7 Å². The number of carbonyl (C=O) groups excluding carboxylic acids is 1. The Bertz CT molecular complexity index is 933. The molecule has 0 aliphatic carbocycles. The maximum Gasteiger partial charge on any atom is 0.260 e. The van der Waals surface area contributed by atoms with E-state index in [-0.39, 0.29) is 5.91 Å². The van der Waals surface area contributed by atoms with Gasteiger partial charge in [-0.25, -0.2) is 4.98 Å². The fourth-order valence-corrected chi connectivity index (χ4v) is 4.59. The zero-order valence-corrected chi connectivity index (χ0v) is 18.6. The molecule has 0 saturated heterocycles. The highest BCUT2D eigenvalue weighted by Gasteiger charge is 2.22. The van der Waals surface area contributed by atoms with E-state index in [1.165, 1.54) is 5.56 Å². The van der Waals surface area contributed by atoms with Crippen LogP contribution in [0.2, 0.25) is 0 Å². The van der Waals surface area contributed by atoms with E-state index >= 15 is 0 Å². The maximum atomic E-state index is 13.3. The van der Waals surface area contributed by atoms with Gasteiger partial charge in [0.25, 0.3) is 5.91 Å². The van der Waals surface area contributed by atoms with Crippen LogP contribution in [0.5, 0.6) is 0 Å². The van der Waals surface area contributed by atoms with Gasteiger partial charge in [-0.3, -0.25) is 9.69 Å². The zero-order valence-electron chi connectivity index (χ0n) is 16.9. The number of hydrogen-bond donors (Lipinski definition) is 0. The SMILES string of the molecule is CCN(CC)CCN(C(=O)c1ccc(SC)cc1)c1nc2ccc(C)cc2s1. The number of thioether (sulfide) groups is 1. The lowest BCUT2D eigenvalue weighted by Gasteiger charge is -2.24. The Morgan fingerprint density at radius 1 is 1.07 bits per heavy atom. The molecular formula is C22H27N3OS2. The van der Waals surface area contributed by atoms with Gasteiger partial charge in [0.1, 0.15) is 0 Å². The molecule has 3 rings (SSSR count). The van der Waals surface area contributed by atoms with Crippen molar-refractivity contribution in [3.8, 4) is 0 Å². The molecule has 0 saturated carbocycles. The van der Waals surface area contributed by atoms with Crippen LogP contribution in [-0.2, 0) is 0 Å². The second-order valence-electron chi connectivity index (χ2n) is 6.68. The molecule has 148 valence electrons. The van der Waals surface area contributed by atoms with Crippen molar-refractivity contribution in [1.82, 2.24) is 9.88 Å². The van der Waals surface area contributed by atoms with E-state index in [0.717, 1.165) is 39.9 Å². The average molecular weight is 414 g/mol. The van der Waals surface area contributed by atoms with Gasteiger partial charge in [-0.15, -0.1) is 11.8 Å². The molecule has 4 nitrogen and oxygen atoms in total. The van der Waals surface area contributed by atoms with Crippen LogP contribution in [0.4, 0.5) is 5.13 Å². The van der Waals surface area contributed by atoms with Gasteiger partial charge in [0.2, 0.25) is 0 Å². The largest absolute Gasteiger partial charge is 0.302 e. The third-order valence-electron chi connectivity index (χ3n) is 4.88. The number of rotatable bonds is 8. The molecule has 6 heteroatoms. The van der Waals surface area contributed by atoms with E-state index in [1.807, 2.05) is 41.5 Å². The van der Waals surface area contributed by atoms with Gasteiger partial charge in [-0.1, -0.05) is 31.3 Å². The van der Waals surface area contributed by atoms with Gasteiger partial charge in [-0.2, -0.15) is 0 Å². The lowest BCUT2D eigenvalue weighted by Crippen LogP contribution is -2.38. The Balaban J connectivity index is 1.93. The minimum Gasteiger partial charge on any atom is -0.302 e. The fraction of sp³-hybridized carbons (Fsp3) is 0.364. The molecule has 0 aliphatic rings. The van der Waals surface area contributed by atoms with Crippen LogP contribution in [0.3, 0.4) is 0 Å². The minimum atomic E-state index is 0.00980. The molecule has 1 aromatic heterocycles. The molecule has 3 aromatic rings. The molecule has 28 heavy (non-hydrogen) atoms. The zero-order chi connectivity index (χ0) is 20.1. The van der Waals surface area contributed by atoms with Gasteiger partial charge in [0, 0.05) is 23.5 Å². The maximum absolute atomic E-state index is 13.3. The van der Waals surface area contributed by atoms with Crippen molar-refractivity contribution in [1.29, 1.82) is 0 Å². The highest BCUT2D eigenvalue weighted by Crippen LogP contribution is 2.30. The van der Waals surface area contributed by atoms with Crippen LogP contribution in [0, 0.1) is 6.92 Å². The van der Waals surface area contributed by atoms with Crippen LogP contribution in [0.15, 0.2) is 47.4 Å². The molecule has 0 spiro atoms. The molecule has 0 aliphatic heterocycles. The summed E-state index contributed by atoms with van der Waals surface area (Å²) in [5.74, 6) is 0.00980. The van der Waals surface area contributed by atoms with Crippen molar-refractivity contribution in [2.75, 3.05) is 37.3 Å². The number of fused-ring (bicyclic) bond motifs is 1. The van der Waals surface area contributed by atoms with E-state index in [9.17, 15) is 4.79 Å². The van der Waals surface area contributed by atoms with Gasteiger partial charge in [0.15, 0.2) is 5.13 Å². The monoisotopic (exact) mass is 413 g/mol. The van der Waals surface area contributed by atoms with Crippen LogP contribution >= 0.6 is 23.1 Å². The number of amides is 1. The predicted octanol–water partition coefficient (Wildman–Crippen LogP) is 5.32. The smallest absolute Gasteiger partial charge is 0.260 e. The predicted molar refractivity (Wildman–Crippen MR) is 122 cm³/mol. The number of nitrogens with zero attached hydrogens (tertiary/aromatic N) is 3. The van der Waals surface area contributed by atoms with Gasteiger partial charge in [0.05, 0.1) is 10.2 Å². The molecule has 0 bridgehead atoms. The minimum absolute atomic E-state index is 0.00980. The Kier molecular flexibility index (Phi) is 7.10. The molecule has 0 N–H and O–H groups in total. The molecule has 0 radical (unpaired) electrons. The Hall–Kier alpha value is -1.89. The van der Waals surface area contributed by atoms with E-state index in [0.29, 0.717) is 12.1 Å². The lowest BCUT2D eigenvalue weighted by atomic mass is 10.2. The van der Waals surface area contributed by atoms with Gasteiger partial charge in [-0.05, 0) is 68.2 Å². The summed E-state index contributed by atoms with van der Waals surface area (Å²) in [6, 6.07) is 14.1. The van der Waals surface area contributed by atoms with Crippen LogP contribution in [0.1, 0.15) is 29.8 Å². The van der Waals surface area contributed by atoms with E-state index in [1.54, 1.807) is 23.1 Å². The first kappa shape index (κ1) is 20.8. The molecule has 2 aromatic carbocycles. The number of thiazole rings is 1. The first-order valence-electron chi connectivity index (χ1n) is 9.61.